The quantitative estimate of drug-likeness (QED) is 0.331. The van der Waals surface area contributed by atoms with Crippen molar-refractivity contribution in [2.75, 3.05) is 0 Å². The van der Waals surface area contributed by atoms with E-state index in [9.17, 15) is 0 Å². The minimum absolute atomic E-state index is 0.966. The highest BCUT2D eigenvalue weighted by molar-refractivity contribution is 7.00. The molecule has 0 unspecified atom stereocenters. The van der Waals surface area contributed by atoms with Crippen molar-refractivity contribution < 1.29 is 0 Å². The van der Waals surface area contributed by atoms with Crippen molar-refractivity contribution in [1.29, 1.82) is 0 Å². The Morgan fingerprint density at radius 1 is 0.560 bits per heavy atom. The number of hydrogen-bond donors (Lipinski definition) is 0. The van der Waals surface area contributed by atoms with Crippen molar-refractivity contribution in [3.63, 3.8) is 0 Å². The van der Waals surface area contributed by atoms with Gasteiger partial charge < -0.3 is 0 Å². The predicted octanol–water partition coefficient (Wildman–Crippen LogP) is 6.26. The molecule has 0 atom stereocenters. The zero-order valence-corrected chi connectivity index (χ0v) is 14.0. The third-order valence-electron chi connectivity index (χ3n) is 5.10. The predicted molar refractivity (Wildman–Crippen MR) is 107 cm³/mol. The van der Waals surface area contributed by atoms with Crippen LogP contribution in [0, 0.1) is 0 Å². The Labute approximate surface area is 148 Å². The maximum atomic E-state index is 4.53. The smallest absolute Gasteiger partial charge is 0.112 e. The third kappa shape index (κ3) is 1.73. The highest BCUT2D eigenvalue weighted by atomic mass is 32.1. The van der Waals surface area contributed by atoms with Crippen molar-refractivity contribution in [1.82, 2.24) is 8.75 Å². The fourth-order valence-electron chi connectivity index (χ4n) is 3.99. The van der Waals surface area contributed by atoms with Gasteiger partial charge in [-0.1, -0.05) is 66.7 Å². The molecule has 0 amide bonds. The highest BCUT2D eigenvalue weighted by Gasteiger charge is 2.14. The number of hydrogen-bond acceptors (Lipinski definition) is 3. The summed E-state index contributed by atoms with van der Waals surface area (Å²) in [7, 11) is 0. The molecule has 0 aliphatic rings. The van der Waals surface area contributed by atoms with Gasteiger partial charge in [-0.05, 0) is 43.9 Å². The lowest BCUT2D eigenvalue weighted by atomic mass is 9.89. The van der Waals surface area contributed by atoms with Crippen LogP contribution in [0.5, 0.6) is 0 Å². The molecule has 116 valence electrons. The van der Waals surface area contributed by atoms with Crippen LogP contribution in [0.3, 0.4) is 0 Å². The number of aromatic nitrogens is 2. The van der Waals surface area contributed by atoms with Crippen LogP contribution in [0.1, 0.15) is 0 Å². The molecule has 0 aliphatic carbocycles. The maximum absolute atomic E-state index is 4.53. The van der Waals surface area contributed by atoms with E-state index in [0.717, 1.165) is 16.6 Å². The van der Waals surface area contributed by atoms with E-state index in [0.29, 0.717) is 0 Å². The Kier molecular flexibility index (Phi) is 2.52. The molecule has 6 aromatic rings. The van der Waals surface area contributed by atoms with Gasteiger partial charge in [0, 0.05) is 5.56 Å². The van der Waals surface area contributed by atoms with Gasteiger partial charge in [-0.2, -0.15) is 8.75 Å². The second kappa shape index (κ2) is 4.74. The first-order valence-corrected chi connectivity index (χ1v) is 9.01. The van der Waals surface area contributed by atoms with Crippen LogP contribution < -0.4 is 0 Å². The summed E-state index contributed by atoms with van der Waals surface area (Å²) in [5.74, 6) is 0. The summed E-state index contributed by atoms with van der Waals surface area (Å²) in [5, 5.41) is 7.84. The van der Waals surface area contributed by atoms with Gasteiger partial charge in [0.2, 0.25) is 0 Å². The molecule has 0 saturated heterocycles. The number of fused-ring (bicyclic) bond motifs is 1. The van der Waals surface area contributed by atoms with Crippen LogP contribution in [-0.4, -0.2) is 8.75 Å². The molecule has 5 aromatic carbocycles. The average molecular weight is 336 g/mol. The van der Waals surface area contributed by atoms with Crippen LogP contribution >= 0.6 is 11.7 Å². The molecule has 0 fully saturated rings. The largest absolute Gasteiger partial charge is 0.173 e. The lowest BCUT2D eigenvalue weighted by Crippen LogP contribution is -1.88. The summed E-state index contributed by atoms with van der Waals surface area (Å²) in [4.78, 5) is 0. The van der Waals surface area contributed by atoms with Crippen molar-refractivity contribution >= 4 is 55.1 Å². The molecule has 0 radical (unpaired) electrons. The minimum Gasteiger partial charge on any atom is -0.173 e. The van der Waals surface area contributed by atoms with Crippen molar-refractivity contribution in [2.24, 2.45) is 0 Å². The van der Waals surface area contributed by atoms with Gasteiger partial charge in [-0.15, -0.1) is 0 Å². The van der Waals surface area contributed by atoms with E-state index in [2.05, 4.69) is 75.5 Å². The number of nitrogens with zero attached hydrogens (tertiary/aromatic N) is 2. The first-order valence-electron chi connectivity index (χ1n) is 8.28. The molecule has 2 nitrogen and oxygen atoms in total. The lowest BCUT2D eigenvalue weighted by molar-refractivity contribution is 1.62. The summed E-state index contributed by atoms with van der Waals surface area (Å²) in [6, 6.07) is 26.1. The van der Waals surface area contributed by atoms with Crippen molar-refractivity contribution in [2.45, 2.75) is 0 Å². The third-order valence-corrected chi connectivity index (χ3v) is 5.65. The van der Waals surface area contributed by atoms with Gasteiger partial charge in [0.25, 0.3) is 0 Å². The Hall–Kier alpha value is -3.04. The zero-order chi connectivity index (χ0) is 16.4. The van der Waals surface area contributed by atoms with Crippen LogP contribution in [0.25, 0.3) is 54.5 Å². The summed E-state index contributed by atoms with van der Waals surface area (Å²) >= 11 is 1.28. The van der Waals surface area contributed by atoms with Gasteiger partial charge in [0.15, 0.2) is 0 Å². The van der Waals surface area contributed by atoms with E-state index in [1.165, 1.54) is 49.6 Å². The molecule has 1 heterocycles. The molecule has 0 aliphatic heterocycles. The fraction of sp³-hybridized carbons (Fsp3) is 0. The molecule has 1 aromatic heterocycles. The topological polar surface area (TPSA) is 25.8 Å². The highest BCUT2D eigenvalue weighted by Crippen LogP contribution is 2.40. The monoisotopic (exact) mass is 336 g/mol. The van der Waals surface area contributed by atoms with Crippen LogP contribution in [0.15, 0.2) is 72.8 Å². The molecular weight excluding hydrogens is 324 g/mol. The molecule has 0 N–H and O–H groups in total. The molecule has 0 bridgehead atoms. The van der Waals surface area contributed by atoms with Crippen molar-refractivity contribution in [3.05, 3.63) is 72.8 Å². The summed E-state index contributed by atoms with van der Waals surface area (Å²) in [5.41, 5.74) is 4.34. The van der Waals surface area contributed by atoms with Gasteiger partial charge in [0.1, 0.15) is 11.0 Å². The Morgan fingerprint density at radius 3 is 2.16 bits per heavy atom. The minimum atomic E-state index is 0.966. The normalized spacial score (nSPS) is 12.0. The van der Waals surface area contributed by atoms with E-state index >= 15 is 0 Å². The number of rotatable bonds is 1. The van der Waals surface area contributed by atoms with E-state index in [1.807, 2.05) is 6.07 Å². The molecule has 6 rings (SSSR count). The van der Waals surface area contributed by atoms with E-state index in [4.69, 9.17) is 0 Å². The molecule has 0 spiro atoms. The maximum Gasteiger partial charge on any atom is 0.112 e. The molecular formula is C22H12N2S. The second-order valence-corrected chi connectivity index (χ2v) is 6.94. The molecule has 3 heteroatoms. The summed E-state index contributed by atoms with van der Waals surface area (Å²) in [6.45, 7) is 0. The van der Waals surface area contributed by atoms with Gasteiger partial charge in [0.05, 0.1) is 11.7 Å². The first-order chi connectivity index (χ1) is 12.4. The van der Waals surface area contributed by atoms with E-state index in [1.54, 1.807) is 0 Å². The van der Waals surface area contributed by atoms with E-state index < -0.39 is 0 Å². The first kappa shape index (κ1) is 13.3. The van der Waals surface area contributed by atoms with Crippen LogP contribution in [0.4, 0.5) is 0 Å². The standard InChI is InChI=1S/C22H12N2S/c1-3-13-7-8-15-9-11-16(17-12-10-14(4-1)20(13)21(15)17)18-5-2-6-19-22(18)24-25-23-19/h1-12H. The lowest BCUT2D eigenvalue weighted by Gasteiger charge is -2.14. The summed E-state index contributed by atoms with van der Waals surface area (Å²) in [6.07, 6.45) is 0. The van der Waals surface area contributed by atoms with Gasteiger partial charge >= 0.3 is 0 Å². The SMILES string of the molecule is c1cc2ccc3ccc(-c4cccc5nsnc45)c4ccc(c1)c2c34. The molecule has 25 heavy (non-hydrogen) atoms. The van der Waals surface area contributed by atoms with Crippen LogP contribution in [0.2, 0.25) is 0 Å². The Morgan fingerprint density at radius 2 is 1.28 bits per heavy atom. The molecule has 0 saturated carbocycles. The second-order valence-electron chi connectivity index (χ2n) is 6.41. The van der Waals surface area contributed by atoms with Crippen LogP contribution in [-0.2, 0) is 0 Å². The average Bonchev–Trinajstić information content (AvgIpc) is 3.15. The van der Waals surface area contributed by atoms with E-state index in [-0.39, 0.29) is 0 Å². The zero-order valence-electron chi connectivity index (χ0n) is 13.2. The summed E-state index contributed by atoms with van der Waals surface area (Å²) < 4.78 is 8.93. The Balaban J connectivity index is 1.84. The Bertz CT molecular complexity index is 1380. The fourth-order valence-corrected chi connectivity index (χ4v) is 4.54. The van der Waals surface area contributed by atoms with Crippen molar-refractivity contribution in [3.8, 4) is 11.1 Å². The van der Waals surface area contributed by atoms with Gasteiger partial charge in [-0.25, -0.2) is 0 Å². The number of benzene rings is 5. The van der Waals surface area contributed by atoms with Gasteiger partial charge in [-0.3, -0.25) is 0 Å².